The van der Waals surface area contributed by atoms with Crippen LogP contribution in [0.25, 0.3) is 0 Å². The van der Waals surface area contributed by atoms with E-state index < -0.39 is 0 Å². The Kier molecular flexibility index (Phi) is 3.02. The number of hydrogen-bond donors (Lipinski definition) is 0. The third-order valence-electron chi connectivity index (χ3n) is 2.81. The van der Waals surface area contributed by atoms with Crippen molar-refractivity contribution in [3.8, 4) is 6.07 Å². The molecule has 3 nitrogen and oxygen atoms in total. The first-order chi connectivity index (χ1) is 7.33. The number of likely N-dealkylation sites (tertiary alicyclic amines) is 1. The normalized spacial score (nSPS) is 21.7. The molecule has 0 aromatic carbocycles. The average molecular weight is 208 g/mol. The molecule has 0 saturated carbocycles. The Hall–Kier alpha value is -1.34. The maximum atomic E-state index is 12.6. The summed E-state index contributed by atoms with van der Waals surface area (Å²) >= 11 is 0. The third-order valence-corrected chi connectivity index (χ3v) is 2.81. The van der Waals surface area contributed by atoms with Crippen LogP contribution < -0.4 is 0 Å². The smallest absolute Gasteiger partial charge is 0.203 e. The zero-order valence-electron chi connectivity index (χ0n) is 8.45. The fourth-order valence-corrected chi connectivity index (χ4v) is 2.00. The molecule has 80 valence electrons. The molecule has 1 aliphatic heterocycles. The van der Waals surface area contributed by atoms with Crippen LogP contribution in [0.3, 0.4) is 0 Å². The predicted molar refractivity (Wildman–Crippen MR) is 52.8 cm³/mol. The lowest BCUT2D eigenvalue weighted by atomic mass is 10.2. The first-order valence-electron chi connectivity index (χ1n) is 5.12. The van der Waals surface area contributed by atoms with E-state index >= 15 is 0 Å². The van der Waals surface area contributed by atoms with Crippen molar-refractivity contribution >= 4 is 0 Å². The Bertz CT molecular complexity index is 369. The molecular formula is C11H13FN2O. The molecule has 1 aromatic rings. The van der Waals surface area contributed by atoms with E-state index in [1.807, 2.05) is 6.07 Å². The largest absolute Gasteiger partial charge is 0.449 e. The minimum Gasteiger partial charge on any atom is -0.449 e. The number of alkyl halides is 1. The van der Waals surface area contributed by atoms with Gasteiger partial charge in [-0.25, -0.2) is 4.39 Å². The highest BCUT2D eigenvalue weighted by atomic mass is 19.1. The van der Waals surface area contributed by atoms with Gasteiger partial charge in [0.15, 0.2) is 0 Å². The maximum Gasteiger partial charge on any atom is 0.203 e. The number of hydrogen-bond acceptors (Lipinski definition) is 3. The first kappa shape index (κ1) is 10.2. The molecule has 1 aliphatic rings. The van der Waals surface area contributed by atoms with Gasteiger partial charge < -0.3 is 4.42 Å². The molecule has 0 amide bonds. The summed E-state index contributed by atoms with van der Waals surface area (Å²) in [6, 6.07) is 5.40. The summed E-state index contributed by atoms with van der Waals surface area (Å²) in [7, 11) is 0. The highest BCUT2D eigenvalue weighted by Crippen LogP contribution is 2.21. The molecular weight excluding hydrogens is 195 g/mol. The number of nitrogens with zero attached hydrogens (tertiary/aromatic N) is 2. The molecule has 1 saturated heterocycles. The number of rotatable bonds is 3. The van der Waals surface area contributed by atoms with Crippen LogP contribution in [-0.4, -0.2) is 24.2 Å². The van der Waals surface area contributed by atoms with Gasteiger partial charge in [0, 0.05) is 6.04 Å². The van der Waals surface area contributed by atoms with E-state index in [2.05, 4.69) is 4.90 Å². The molecule has 0 aliphatic carbocycles. The molecule has 15 heavy (non-hydrogen) atoms. The number of furan rings is 1. The second-order valence-electron chi connectivity index (χ2n) is 3.80. The lowest BCUT2D eigenvalue weighted by molar-refractivity contribution is 0.193. The van der Waals surface area contributed by atoms with Gasteiger partial charge in [0.05, 0.1) is 6.54 Å². The van der Waals surface area contributed by atoms with Gasteiger partial charge in [0.25, 0.3) is 0 Å². The van der Waals surface area contributed by atoms with Crippen LogP contribution in [0.2, 0.25) is 0 Å². The molecule has 2 rings (SSSR count). The molecule has 0 unspecified atom stereocenters. The molecule has 0 radical (unpaired) electrons. The summed E-state index contributed by atoms with van der Waals surface area (Å²) in [4.78, 5) is 2.07. The van der Waals surface area contributed by atoms with Crippen molar-refractivity contribution < 1.29 is 8.81 Å². The van der Waals surface area contributed by atoms with Crippen LogP contribution >= 0.6 is 0 Å². The van der Waals surface area contributed by atoms with E-state index in [9.17, 15) is 4.39 Å². The highest BCUT2D eigenvalue weighted by molar-refractivity contribution is 5.19. The average Bonchev–Trinajstić information content (AvgIpc) is 2.87. The molecule has 1 atom stereocenters. The van der Waals surface area contributed by atoms with Gasteiger partial charge in [-0.1, -0.05) is 0 Å². The second kappa shape index (κ2) is 4.45. The molecule has 1 aromatic heterocycles. The van der Waals surface area contributed by atoms with E-state index in [-0.39, 0.29) is 12.7 Å². The summed E-state index contributed by atoms with van der Waals surface area (Å²) in [5.41, 5.74) is 0. The summed E-state index contributed by atoms with van der Waals surface area (Å²) in [6.45, 7) is 1.22. The van der Waals surface area contributed by atoms with E-state index in [0.29, 0.717) is 12.3 Å². The maximum absolute atomic E-state index is 12.6. The third kappa shape index (κ3) is 2.18. The lowest BCUT2D eigenvalue weighted by Gasteiger charge is -2.20. The van der Waals surface area contributed by atoms with E-state index in [4.69, 9.17) is 9.68 Å². The molecule has 2 heterocycles. The molecule has 0 bridgehead atoms. The second-order valence-corrected chi connectivity index (χ2v) is 3.80. The fourth-order valence-electron chi connectivity index (χ4n) is 2.00. The van der Waals surface area contributed by atoms with E-state index in [0.717, 1.165) is 25.1 Å². The van der Waals surface area contributed by atoms with Crippen molar-refractivity contribution in [2.45, 2.75) is 25.4 Å². The van der Waals surface area contributed by atoms with E-state index in [1.165, 1.54) is 0 Å². The van der Waals surface area contributed by atoms with Gasteiger partial charge in [-0.3, -0.25) is 4.90 Å². The lowest BCUT2D eigenvalue weighted by Crippen LogP contribution is -2.30. The minimum absolute atomic E-state index is 0.0284. The van der Waals surface area contributed by atoms with Crippen LogP contribution in [0.1, 0.15) is 24.4 Å². The summed E-state index contributed by atoms with van der Waals surface area (Å²) in [5, 5.41) is 8.59. The van der Waals surface area contributed by atoms with E-state index in [1.54, 1.807) is 12.1 Å². The van der Waals surface area contributed by atoms with Gasteiger partial charge in [-0.05, 0) is 31.5 Å². The van der Waals surface area contributed by atoms with Crippen LogP contribution in [0.4, 0.5) is 4.39 Å². The van der Waals surface area contributed by atoms with Crippen LogP contribution in [0.5, 0.6) is 0 Å². The SMILES string of the molecule is N#Cc1ccc(CN2CCC[C@H]2CF)o1. The Morgan fingerprint density at radius 3 is 3.13 bits per heavy atom. The molecule has 1 fully saturated rings. The minimum atomic E-state index is -0.300. The van der Waals surface area contributed by atoms with Crippen molar-refractivity contribution in [3.05, 3.63) is 23.7 Å². The van der Waals surface area contributed by atoms with Gasteiger partial charge in [-0.15, -0.1) is 0 Å². The fraction of sp³-hybridized carbons (Fsp3) is 0.545. The summed E-state index contributed by atoms with van der Waals surface area (Å²) in [5.74, 6) is 1.06. The summed E-state index contributed by atoms with van der Waals surface area (Å²) in [6.07, 6.45) is 1.96. The van der Waals surface area contributed by atoms with Crippen LogP contribution in [0, 0.1) is 11.3 Å². The zero-order chi connectivity index (χ0) is 10.7. The predicted octanol–water partition coefficient (Wildman–Crippen LogP) is 2.09. The molecule has 0 spiro atoms. The van der Waals surface area contributed by atoms with Gasteiger partial charge in [0.1, 0.15) is 18.5 Å². The molecule has 0 N–H and O–H groups in total. The van der Waals surface area contributed by atoms with Crippen molar-refractivity contribution in [1.82, 2.24) is 4.90 Å². The van der Waals surface area contributed by atoms with Gasteiger partial charge in [0.2, 0.25) is 5.76 Å². The molecule has 4 heteroatoms. The van der Waals surface area contributed by atoms with Crippen molar-refractivity contribution in [2.24, 2.45) is 0 Å². The monoisotopic (exact) mass is 208 g/mol. The van der Waals surface area contributed by atoms with Crippen molar-refractivity contribution in [2.75, 3.05) is 13.2 Å². The van der Waals surface area contributed by atoms with Crippen LogP contribution in [0.15, 0.2) is 16.5 Å². The van der Waals surface area contributed by atoms with Gasteiger partial charge in [-0.2, -0.15) is 5.26 Å². The van der Waals surface area contributed by atoms with Crippen molar-refractivity contribution in [3.63, 3.8) is 0 Å². The first-order valence-corrected chi connectivity index (χ1v) is 5.12. The number of halogens is 1. The standard InChI is InChI=1S/C11H13FN2O/c12-6-9-2-1-5-14(9)8-11-4-3-10(7-13)15-11/h3-4,9H,1-2,5-6,8H2/t9-/m0/s1. The topological polar surface area (TPSA) is 40.2 Å². The number of nitriles is 1. The Labute approximate surface area is 88.1 Å². The van der Waals surface area contributed by atoms with Gasteiger partial charge >= 0.3 is 0 Å². The highest BCUT2D eigenvalue weighted by Gasteiger charge is 2.24. The summed E-state index contributed by atoms with van der Waals surface area (Å²) < 4.78 is 17.9. The van der Waals surface area contributed by atoms with Crippen LogP contribution in [-0.2, 0) is 6.54 Å². The quantitative estimate of drug-likeness (QED) is 0.763. The Morgan fingerprint density at radius 1 is 1.60 bits per heavy atom. The van der Waals surface area contributed by atoms with Crippen molar-refractivity contribution in [1.29, 1.82) is 5.26 Å². The Morgan fingerprint density at radius 2 is 2.47 bits per heavy atom. The zero-order valence-corrected chi connectivity index (χ0v) is 8.45. The Balaban J connectivity index is 1.99.